The quantitative estimate of drug-likeness (QED) is 0.648. The van der Waals surface area contributed by atoms with Gasteiger partial charge in [0.25, 0.3) is 0 Å². The van der Waals surface area contributed by atoms with E-state index >= 15 is 0 Å². The molecule has 27 heavy (non-hydrogen) atoms. The average molecular weight is 367 g/mol. The zero-order chi connectivity index (χ0) is 19.2. The highest BCUT2D eigenvalue weighted by molar-refractivity contribution is 5.87. The SMILES string of the molecule is COc1cc(CNCc2c(OC)ccc3ccccc23)cc(OC)c1OC. The van der Waals surface area contributed by atoms with Gasteiger partial charge in [0.15, 0.2) is 11.5 Å². The number of ether oxygens (including phenoxy) is 4. The lowest BCUT2D eigenvalue weighted by atomic mass is 10.0. The molecule has 0 spiro atoms. The third-order valence-corrected chi connectivity index (χ3v) is 4.57. The highest BCUT2D eigenvalue weighted by Gasteiger charge is 2.13. The maximum absolute atomic E-state index is 5.56. The van der Waals surface area contributed by atoms with Crippen molar-refractivity contribution in [3.05, 3.63) is 59.7 Å². The van der Waals surface area contributed by atoms with Gasteiger partial charge >= 0.3 is 0 Å². The van der Waals surface area contributed by atoms with E-state index in [1.807, 2.05) is 30.3 Å². The van der Waals surface area contributed by atoms with E-state index in [4.69, 9.17) is 18.9 Å². The number of rotatable bonds is 8. The second-order valence-corrected chi connectivity index (χ2v) is 6.10. The van der Waals surface area contributed by atoms with Crippen molar-refractivity contribution in [2.24, 2.45) is 0 Å². The van der Waals surface area contributed by atoms with Crippen LogP contribution in [0.25, 0.3) is 10.8 Å². The molecule has 5 nitrogen and oxygen atoms in total. The van der Waals surface area contributed by atoms with Crippen LogP contribution < -0.4 is 24.3 Å². The van der Waals surface area contributed by atoms with Crippen LogP contribution >= 0.6 is 0 Å². The zero-order valence-electron chi connectivity index (χ0n) is 16.2. The van der Waals surface area contributed by atoms with Crippen LogP contribution in [0.5, 0.6) is 23.0 Å². The lowest BCUT2D eigenvalue weighted by Gasteiger charge is -2.16. The largest absolute Gasteiger partial charge is 0.496 e. The van der Waals surface area contributed by atoms with Crippen molar-refractivity contribution in [3.63, 3.8) is 0 Å². The molecule has 0 heterocycles. The van der Waals surface area contributed by atoms with Crippen LogP contribution in [0.15, 0.2) is 48.5 Å². The fourth-order valence-corrected chi connectivity index (χ4v) is 3.26. The molecule has 3 aromatic rings. The second kappa shape index (κ2) is 8.64. The van der Waals surface area contributed by atoms with Crippen LogP contribution in [0, 0.1) is 0 Å². The van der Waals surface area contributed by atoms with Crippen molar-refractivity contribution in [2.75, 3.05) is 28.4 Å². The lowest BCUT2D eigenvalue weighted by molar-refractivity contribution is 0.323. The second-order valence-electron chi connectivity index (χ2n) is 6.10. The smallest absolute Gasteiger partial charge is 0.203 e. The van der Waals surface area contributed by atoms with Crippen molar-refractivity contribution < 1.29 is 18.9 Å². The lowest BCUT2D eigenvalue weighted by Crippen LogP contribution is -2.14. The maximum atomic E-state index is 5.56. The molecular formula is C22H25NO4. The summed E-state index contributed by atoms with van der Waals surface area (Å²) in [6.07, 6.45) is 0. The number of fused-ring (bicyclic) bond motifs is 1. The fraction of sp³-hybridized carbons (Fsp3) is 0.273. The van der Waals surface area contributed by atoms with E-state index in [0.29, 0.717) is 30.3 Å². The molecule has 0 aliphatic carbocycles. The van der Waals surface area contributed by atoms with E-state index < -0.39 is 0 Å². The molecular weight excluding hydrogens is 342 g/mol. The van der Waals surface area contributed by atoms with Crippen molar-refractivity contribution >= 4 is 10.8 Å². The van der Waals surface area contributed by atoms with Crippen LogP contribution in [0.2, 0.25) is 0 Å². The van der Waals surface area contributed by atoms with E-state index in [9.17, 15) is 0 Å². The normalized spacial score (nSPS) is 10.7. The molecule has 0 radical (unpaired) electrons. The molecule has 0 bridgehead atoms. The first kappa shape index (κ1) is 18.9. The topological polar surface area (TPSA) is 49.0 Å². The maximum Gasteiger partial charge on any atom is 0.203 e. The summed E-state index contributed by atoms with van der Waals surface area (Å²) < 4.78 is 21.8. The van der Waals surface area contributed by atoms with Crippen LogP contribution in [0.1, 0.15) is 11.1 Å². The molecule has 3 rings (SSSR count). The molecule has 0 unspecified atom stereocenters. The predicted molar refractivity (Wildman–Crippen MR) is 107 cm³/mol. The van der Waals surface area contributed by atoms with Gasteiger partial charge in [0.1, 0.15) is 5.75 Å². The van der Waals surface area contributed by atoms with Crippen LogP contribution in [0.4, 0.5) is 0 Å². The van der Waals surface area contributed by atoms with E-state index in [1.165, 1.54) is 10.8 Å². The fourth-order valence-electron chi connectivity index (χ4n) is 3.26. The molecule has 0 fully saturated rings. The minimum Gasteiger partial charge on any atom is -0.496 e. The molecule has 142 valence electrons. The Morgan fingerprint density at radius 1 is 0.704 bits per heavy atom. The molecule has 0 atom stereocenters. The highest BCUT2D eigenvalue weighted by Crippen LogP contribution is 2.38. The third-order valence-electron chi connectivity index (χ3n) is 4.57. The summed E-state index contributed by atoms with van der Waals surface area (Å²) in [5.41, 5.74) is 2.19. The molecule has 0 aromatic heterocycles. The van der Waals surface area contributed by atoms with Crippen molar-refractivity contribution in [3.8, 4) is 23.0 Å². The van der Waals surface area contributed by atoms with Crippen LogP contribution in [0.3, 0.4) is 0 Å². The summed E-state index contributed by atoms with van der Waals surface area (Å²) in [4.78, 5) is 0. The molecule has 3 aromatic carbocycles. The molecule has 0 saturated carbocycles. The van der Waals surface area contributed by atoms with Crippen molar-refractivity contribution in [2.45, 2.75) is 13.1 Å². The van der Waals surface area contributed by atoms with Gasteiger partial charge < -0.3 is 24.3 Å². The minimum absolute atomic E-state index is 0.597. The minimum atomic E-state index is 0.597. The van der Waals surface area contributed by atoms with Gasteiger partial charge in [0.05, 0.1) is 28.4 Å². The van der Waals surface area contributed by atoms with Crippen LogP contribution in [-0.4, -0.2) is 28.4 Å². The first-order valence-electron chi connectivity index (χ1n) is 8.76. The summed E-state index contributed by atoms with van der Waals surface area (Å²) >= 11 is 0. The molecule has 0 aliphatic heterocycles. The Kier molecular flexibility index (Phi) is 6.04. The zero-order valence-corrected chi connectivity index (χ0v) is 16.2. The highest BCUT2D eigenvalue weighted by atomic mass is 16.5. The molecule has 0 saturated heterocycles. The Labute approximate surface area is 159 Å². The van der Waals surface area contributed by atoms with Gasteiger partial charge in [-0.2, -0.15) is 0 Å². The van der Waals surface area contributed by atoms with Gasteiger partial charge in [-0.15, -0.1) is 0 Å². The standard InChI is InChI=1S/C22H25NO4/c1-24-19-10-9-16-7-5-6-8-17(16)18(19)14-23-13-15-11-20(25-2)22(27-4)21(12-15)26-3/h5-12,23H,13-14H2,1-4H3. The van der Waals surface area contributed by atoms with Gasteiger partial charge in [-0.25, -0.2) is 0 Å². The molecule has 0 amide bonds. The summed E-state index contributed by atoms with van der Waals surface area (Å²) in [5.74, 6) is 2.78. The number of nitrogens with one attached hydrogen (secondary N) is 1. The average Bonchev–Trinajstić information content (AvgIpc) is 2.72. The molecule has 1 N–H and O–H groups in total. The molecule has 5 heteroatoms. The number of benzene rings is 3. The predicted octanol–water partition coefficient (Wildman–Crippen LogP) is 4.16. The number of hydrogen-bond donors (Lipinski definition) is 1. The first-order valence-corrected chi connectivity index (χ1v) is 8.76. The van der Waals surface area contributed by atoms with Crippen LogP contribution in [-0.2, 0) is 13.1 Å². The Morgan fingerprint density at radius 3 is 2.00 bits per heavy atom. The van der Waals surface area contributed by atoms with E-state index in [0.717, 1.165) is 16.9 Å². The molecule has 0 aliphatic rings. The Hall–Kier alpha value is -2.92. The summed E-state index contributed by atoms with van der Waals surface area (Å²) in [6.45, 7) is 1.34. The summed E-state index contributed by atoms with van der Waals surface area (Å²) in [6, 6.07) is 16.3. The Bertz CT molecular complexity index is 898. The van der Waals surface area contributed by atoms with Gasteiger partial charge in [0, 0.05) is 18.7 Å². The van der Waals surface area contributed by atoms with Crippen molar-refractivity contribution in [1.82, 2.24) is 5.32 Å². The van der Waals surface area contributed by atoms with Gasteiger partial charge in [-0.05, 0) is 34.5 Å². The summed E-state index contributed by atoms with van der Waals surface area (Å²) in [5, 5.41) is 5.88. The van der Waals surface area contributed by atoms with E-state index in [2.05, 4.69) is 23.5 Å². The Balaban J connectivity index is 1.82. The van der Waals surface area contributed by atoms with Gasteiger partial charge in [0.2, 0.25) is 5.75 Å². The van der Waals surface area contributed by atoms with Gasteiger partial charge in [-0.3, -0.25) is 0 Å². The number of methoxy groups -OCH3 is 4. The first-order chi connectivity index (χ1) is 13.2. The third kappa shape index (κ3) is 3.93. The van der Waals surface area contributed by atoms with Crippen molar-refractivity contribution in [1.29, 1.82) is 0 Å². The summed E-state index contributed by atoms with van der Waals surface area (Å²) in [7, 11) is 6.54. The van der Waals surface area contributed by atoms with Gasteiger partial charge in [-0.1, -0.05) is 30.3 Å². The Morgan fingerprint density at radius 2 is 1.37 bits per heavy atom. The van der Waals surface area contributed by atoms with E-state index in [1.54, 1.807) is 28.4 Å². The number of hydrogen-bond acceptors (Lipinski definition) is 5. The monoisotopic (exact) mass is 367 g/mol. The van der Waals surface area contributed by atoms with E-state index in [-0.39, 0.29) is 0 Å².